The maximum absolute atomic E-state index is 12.0. The van der Waals surface area contributed by atoms with E-state index in [4.69, 9.17) is 5.11 Å². The first-order valence-electron chi connectivity index (χ1n) is 6.02. The number of carbonyl (C=O) groups excluding carboxylic acids is 1. The number of non-ortho nitro benzene ring substituents is 1. The van der Waals surface area contributed by atoms with Gasteiger partial charge in [-0.05, 0) is 11.6 Å². The van der Waals surface area contributed by atoms with Crippen LogP contribution in [0.1, 0.15) is 5.56 Å². The topological polar surface area (TPSA) is 101 Å². The summed E-state index contributed by atoms with van der Waals surface area (Å²) < 4.78 is 0. The summed E-state index contributed by atoms with van der Waals surface area (Å²) >= 11 is 1.38. The zero-order chi connectivity index (χ0) is 15.4. The molecule has 0 saturated carbocycles. The van der Waals surface area contributed by atoms with Gasteiger partial charge in [-0.2, -0.15) is 0 Å². The largest absolute Gasteiger partial charge is 0.480 e. The highest BCUT2D eigenvalue weighted by molar-refractivity contribution is 7.99. The minimum absolute atomic E-state index is 0.0651. The third-order valence-corrected chi connectivity index (χ3v) is 3.96. The lowest BCUT2D eigenvalue weighted by Gasteiger charge is -2.18. The molecule has 1 fully saturated rings. The second kappa shape index (κ2) is 6.40. The van der Waals surface area contributed by atoms with Gasteiger partial charge in [-0.15, -0.1) is 11.8 Å². The highest BCUT2D eigenvalue weighted by Crippen LogP contribution is 2.22. The quantitative estimate of drug-likeness (QED) is 0.515. The Labute approximate surface area is 124 Å². The highest BCUT2D eigenvalue weighted by Gasteiger charge is 2.33. The second-order valence-electron chi connectivity index (χ2n) is 4.35. The van der Waals surface area contributed by atoms with Crippen LogP contribution in [-0.4, -0.2) is 44.5 Å². The van der Waals surface area contributed by atoms with E-state index in [9.17, 15) is 19.7 Å². The van der Waals surface area contributed by atoms with Gasteiger partial charge in [0.05, 0.1) is 10.8 Å². The predicted octanol–water partition coefficient (Wildman–Crippen LogP) is 1.59. The molecule has 1 aliphatic rings. The summed E-state index contributed by atoms with van der Waals surface area (Å²) in [6, 6.07) is 5.03. The molecule has 8 heteroatoms. The lowest BCUT2D eigenvalue weighted by molar-refractivity contribution is -0.384. The highest BCUT2D eigenvalue weighted by atomic mass is 32.2. The molecule has 1 N–H and O–H groups in total. The van der Waals surface area contributed by atoms with E-state index in [1.54, 1.807) is 6.07 Å². The average Bonchev–Trinajstić information content (AvgIpc) is 2.94. The van der Waals surface area contributed by atoms with Crippen molar-refractivity contribution in [3.63, 3.8) is 0 Å². The fourth-order valence-electron chi connectivity index (χ4n) is 1.87. The van der Waals surface area contributed by atoms with Crippen LogP contribution in [0.3, 0.4) is 0 Å². The zero-order valence-electron chi connectivity index (χ0n) is 10.8. The molecular formula is C13H12N2O5S. The number of nitro groups is 1. The van der Waals surface area contributed by atoms with Crippen LogP contribution in [0.15, 0.2) is 30.3 Å². The van der Waals surface area contributed by atoms with Gasteiger partial charge in [0.1, 0.15) is 6.04 Å². The van der Waals surface area contributed by atoms with Gasteiger partial charge >= 0.3 is 5.97 Å². The van der Waals surface area contributed by atoms with E-state index < -0.39 is 22.8 Å². The fourth-order valence-corrected chi connectivity index (χ4v) is 3.02. The van der Waals surface area contributed by atoms with Crippen molar-refractivity contribution in [2.75, 3.05) is 11.6 Å². The molecule has 2 rings (SSSR count). The van der Waals surface area contributed by atoms with Gasteiger partial charge < -0.3 is 10.0 Å². The van der Waals surface area contributed by atoms with Crippen LogP contribution >= 0.6 is 11.8 Å². The molecule has 1 atom stereocenters. The van der Waals surface area contributed by atoms with Crippen molar-refractivity contribution in [2.45, 2.75) is 6.04 Å². The van der Waals surface area contributed by atoms with Crippen molar-refractivity contribution in [2.24, 2.45) is 0 Å². The minimum Gasteiger partial charge on any atom is -0.480 e. The van der Waals surface area contributed by atoms with Gasteiger partial charge in [0.2, 0.25) is 5.91 Å². The summed E-state index contributed by atoms with van der Waals surface area (Å²) in [5.41, 5.74) is 0.445. The van der Waals surface area contributed by atoms with Gasteiger partial charge in [0, 0.05) is 24.0 Å². The molecule has 1 amide bonds. The summed E-state index contributed by atoms with van der Waals surface area (Å²) in [5, 5.41) is 19.7. The van der Waals surface area contributed by atoms with E-state index in [0.717, 1.165) is 0 Å². The van der Waals surface area contributed by atoms with Crippen molar-refractivity contribution in [1.29, 1.82) is 0 Å². The Bertz CT molecular complexity index is 616. The van der Waals surface area contributed by atoms with Gasteiger partial charge in [0.25, 0.3) is 5.69 Å². The van der Waals surface area contributed by atoms with Gasteiger partial charge in [-0.1, -0.05) is 12.1 Å². The molecule has 1 saturated heterocycles. The molecule has 1 aromatic rings. The Kier molecular flexibility index (Phi) is 4.59. The number of carbonyl (C=O) groups is 2. The van der Waals surface area contributed by atoms with E-state index in [-0.39, 0.29) is 5.69 Å². The summed E-state index contributed by atoms with van der Waals surface area (Å²) in [6.07, 6.45) is 2.68. The molecule has 0 bridgehead atoms. The van der Waals surface area contributed by atoms with E-state index >= 15 is 0 Å². The van der Waals surface area contributed by atoms with Crippen molar-refractivity contribution in [3.8, 4) is 0 Å². The Hall–Kier alpha value is -2.35. The van der Waals surface area contributed by atoms with Crippen molar-refractivity contribution < 1.29 is 19.6 Å². The van der Waals surface area contributed by atoms with E-state index in [1.165, 1.54) is 47.0 Å². The number of carboxylic acids is 1. The summed E-state index contributed by atoms with van der Waals surface area (Å²) in [6.45, 7) is 0. The predicted molar refractivity (Wildman–Crippen MR) is 77.7 cm³/mol. The average molecular weight is 308 g/mol. The number of benzene rings is 1. The number of hydrogen-bond donors (Lipinski definition) is 1. The maximum Gasteiger partial charge on any atom is 0.327 e. The van der Waals surface area contributed by atoms with E-state index in [1.807, 2.05) is 0 Å². The SMILES string of the molecule is O=C(O)[C@@H]1CSCN1C(=O)/C=C/c1cccc([N+](=O)[O-])c1. The molecule has 7 nitrogen and oxygen atoms in total. The van der Waals surface area contributed by atoms with Crippen molar-refractivity contribution in [3.05, 3.63) is 46.0 Å². The molecule has 110 valence electrons. The number of thioether (sulfide) groups is 1. The number of aliphatic carboxylic acids is 1. The molecule has 0 spiro atoms. The van der Waals surface area contributed by atoms with Crippen LogP contribution in [0.4, 0.5) is 5.69 Å². The molecule has 0 aromatic heterocycles. The maximum atomic E-state index is 12.0. The van der Waals surface area contributed by atoms with Crippen LogP contribution in [-0.2, 0) is 9.59 Å². The Balaban J connectivity index is 2.10. The van der Waals surface area contributed by atoms with Crippen molar-refractivity contribution >= 4 is 35.4 Å². The first-order chi connectivity index (χ1) is 9.99. The summed E-state index contributed by atoms with van der Waals surface area (Å²) in [5.74, 6) is -0.753. The molecule has 0 aliphatic carbocycles. The number of amides is 1. The molecule has 1 aromatic carbocycles. The molecule has 1 aliphatic heterocycles. The number of rotatable bonds is 4. The third kappa shape index (κ3) is 3.60. The number of nitro benzene ring substituents is 1. The van der Waals surface area contributed by atoms with E-state index in [2.05, 4.69) is 0 Å². The van der Waals surface area contributed by atoms with Gasteiger partial charge in [0.15, 0.2) is 0 Å². The first kappa shape index (κ1) is 15.0. The van der Waals surface area contributed by atoms with Crippen LogP contribution in [0, 0.1) is 10.1 Å². The molecule has 0 radical (unpaired) electrons. The zero-order valence-corrected chi connectivity index (χ0v) is 11.7. The smallest absolute Gasteiger partial charge is 0.327 e. The normalized spacial score (nSPS) is 18.1. The van der Waals surface area contributed by atoms with Gasteiger partial charge in [-0.3, -0.25) is 14.9 Å². The summed E-state index contributed by atoms with van der Waals surface area (Å²) in [4.78, 5) is 34.4. The number of carboxylic acid groups (broad SMARTS) is 1. The molecule has 0 unspecified atom stereocenters. The third-order valence-electron chi connectivity index (χ3n) is 2.95. The number of nitrogens with zero attached hydrogens (tertiary/aromatic N) is 2. The summed E-state index contributed by atoms with van der Waals surface area (Å²) in [7, 11) is 0. The second-order valence-corrected chi connectivity index (χ2v) is 5.35. The van der Waals surface area contributed by atoms with E-state index in [0.29, 0.717) is 17.2 Å². The Morgan fingerprint density at radius 2 is 2.24 bits per heavy atom. The standard InChI is InChI=1S/C13H12N2O5S/c16-12(14-8-21-7-11(14)13(17)18)5-4-9-2-1-3-10(6-9)15(19)20/h1-6,11H,7-8H2,(H,17,18)/b5-4+/t11-/m0/s1. The molecule has 1 heterocycles. The Morgan fingerprint density at radius 1 is 1.48 bits per heavy atom. The molecule has 21 heavy (non-hydrogen) atoms. The van der Waals surface area contributed by atoms with Crippen LogP contribution in [0.2, 0.25) is 0 Å². The van der Waals surface area contributed by atoms with Gasteiger partial charge in [-0.25, -0.2) is 4.79 Å². The molecular weight excluding hydrogens is 296 g/mol. The lowest BCUT2D eigenvalue weighted by atomic mass is 10.2. The lowest BCUT2D eigenvalue weighted by Crippen LogP contribution is -2.40. The van der Waals surface area contributed by atoms with Crippen LogP contribution in [0.5, 0.6) is 0 Å². The number of hydrogen-bond acceptors (Lipinski definition) is 5. The fraction of sp³-hybridized carbons (Fsp3) is 0.231. The van der Waals surface area contributed by atoms with Crippen molar-refractivity contribution in [1.82, 2.24) is 4.90 Å². The monoisotopic (exact) mass is 308 g/mol. The minimum atomic E-state index is -1.03. The van der Waals surface area contributed by atoms with Crippen LogP contribution in [0.25, 0.3) is 6.08 Å². The Morgan fingerprint density at radius 3 is 2.90 bits per heavy atom. The first-order valence-corrected chi connectivity index (χ1v) is 7.18. The van der Waals surface area contributed by atoms with Crippen LogP contribution < -0.4 is 0 Å².